The molecule has 12 nitrogen and oxygen atoms in total. The van der Waals surface area contributed by atoms with Gasteiger partial charge in [-0.3, -0.25) is 19.2 Å². The first-order valence-corrected chi connectivity index (χ1v) is 14.1. The Hall–Kier alpha value is -2.97. The van der Waals surface area contributed by atoms with Gasteiger partial charge in [0.1, 0.15) is 23.9 Å². The molecule has 0 radical (unpaired) electrons. The minimum atomic E-state index is -1.72. The van der Waals surface area contributed by atoms with Gasteiger partial charge in [-0.15, -0.1) is 0 Å². The molecule has 1 aromatic carbocycles. The number of phenols is 1. The highest BCUT2D eigenvalue weighted by molar-refractivity contribution is 7.98. The van der Waals surface area contributed by atoms with Crippen molar-refractivity contribution in [3.05, 3.63) is 29.8 Å². The van der Waals surface area contributed by atoms with Crippen LogP contribution in [-0.4, -0.2) is 93.2 Å². The fraction of sp³-hybridized carbons (Fsp3) is 0.522. The largest absolute Gasteiger partial charge is 0.508 e. The van der Waals surface area contributed by atoms with E-state index in [1.54, 1.807) is 0 Å². The summed E-state index contributed by atoms with van der Waals surface area (Å²) in [4.78, 5) is 61.1. The fourth-order valence-corrected chi connectivity index (χ4v) is 4.12. The number of hydrogen-bond donors (Lipinski definition) is 7. The third-order valence-corrected chi connectivity index (χ3v) is 6.50. The molecule has 0 aliphatic heterocycles. The molecule has 3 amide bonds. The monoisotopic (exact) mass is 558 g/mol. The third kappa shape index (κ3) is 12.2. The van der Waals surface area contributed by atoms with Crippen molar-refractivity contribution < 1.29 is 39.3 Å². The molecule has 0 aromatic heterocycles. The summed E-state index contributed by atoms with van der Waals surface area (Å²) in [5, 5.41) is 35.1. The van der Waals surface area contributed by atoms with E-state index in [4.69, 9.17) is 10.8 Å². The molecular weight excluding hydrogens is 524 g/mol. The Labute approximate surface area is 223 Å². The van der Waals surface area contributed by atoms with E-state index in [2.05, 4.69) is 16.0 Å². The summed E-state index contributed by atoms with van der Waals surface area (Å²) in [6.45, 7) is 0. The molecular formula is C23H34N4O8S2. The summed E-state index contributed by atoms with van der Waals surface area (Å²) in [5.41, 5.74) is 6.45. The Balaban J connectivity index is 3.12. The maximum atomic E-state index is 13.2. The quantitative estimate of drug-likeness (QED) is 0.133. The number of nitrogens with two attached hydrogens (primary N) is 1. The highest BCUT2D eigenvalue weighted by Crippen LogP contribution is 2.12. The lowest BCUT2D eigenvalue weighted by molar-refractivity contribution is -0.147. The van der Waals surface area contributed by atoms with Crippen molar-refractivity contribution in [2.75, 3.05) is 24.0 Å². The van der Waals surface area contributed by atoms with Crippen LogP contribution < -0.4 is 21.7 Å². The van der Waals surface area contributed by atoms with Crippen LogP contribution in [0.4, 0.5) is 0 Å². The molecule has 0 aliphatic rings. The molecule has 4 unspecified atom stereocenters. The van der Waals surface area contributed by atoms with Gasteiger partial charge < -0.3 is 37.0 Å². The van der Waals surface area contributed by atoms with Gasteiger partial charge in [0.2, 0.25) is 17.7 Å². The summed E-state index contributed by atoms with van der Waals surface area (Å²) < 4.78 is 0. The molecule has 14 heteroatoms. The van der Waals surface area contributed by atoms with Crippen molar-refractivity contribution in [3.63, 3.8) is 0 Å². The first-order valence-electron chi connectivity index (χ1n) is 11.4. The van der Waals surface area contributed by atoms with E-state index in [0.717, 1.165) is 0 Å². The molecule has 0 aliphatic carbocycles. The topological polar surface area (TPSA) is 208 Å². The van der Waals surface area contributed by atoms with E-state index in [9.17, 15) is 34.2 Å². The number of rotatable bonds is 17. The Kier molecular flexibility index (Phi) is 14.5. The van der Waals surface area contributed by atoms with E-state index in [-0.39, 0.29) is 18.6 Å². The van der Waals surface area contributed by atoms with E-state index < -0.39 is 60.2 Å². The van der Waals surface area contributed by atoms with Gasteiger partial charge in [-0.1, -0.05) is 12.1 Å². The Morgan fingerprint density at radius 2 is 1.32 bits per heavy atom. The lowest BCUT2D eigenvalue weighted by Crippen LogP contribution is -2.58. The van der Waals surface area contributed by atoms with E-state index in [1.807, 2.05) is 12.5 Å². The van der Waals surface area contributed by atoms with Crippen LogP contribution in [0.2, 0.25) is 0 Å². The zero-order valence-electron chi connectivity index (χ0n) is 20.6. The summed E-state index contributed by atoms with van der Waals surface area (Å²) in [5.74, 6) is -3.91. The standard InChI is InChI=1S/C23H34N4O8S2/c1-36-9-7-15(24)20(31)25-16(8-10-37-2)21(32)26-17(11-13-3-5-14(28)6-4-13)22(33)27-18(23(34)35)12-19(29)30/h3-6,15-18,28H,7-12,24H2,1-2H3,(H,25,31)(H,26,32)(H,27,33)(H,29,30)(H,34,35). The average Bonchev–Trinajstić information content (AvgIpc) is 2.84. The Bertz CT molecular complexity index is 932. The maximum Gasteiger partial charge on any atom is 0.326 e. The maximum absolute atomic E-state index is 13.2. The number of aromatic hydroxyl groups is 1. The van der Waals surface area contributed by atoms with Crippen LogP contribution in [0, 0.1) is 0 Å². The molecule has 8 N–H and O–H groups in total. The van der Waals surface area contributed by atoms with Crippen molar-refractivity contribution in [2.45, 2.75) is 49.9 Å². The number of nitrogens with one attached hydrogen (secondary N) is 3. The minimum Gasteiger partial charge on any atom is -0.508 e. The lowest BCUT2D eigenvalue weighted by Gasteiger charge is -2.25. The number of hydrogen-bond acceptors (Lipinski definition) is 9. The van der Waals surface area contributed by atoms with Crippen LogP contribution in [0.5, 0.6) is 5.75 Å². The normalized spacial score (nSPS) is 14.0. The van der Waals surface area contributed by atoms with Crippen LogP contribution in [-0.2, 0) is 30.4 Å². The highest BCUT2D eigenvalue weighted by atomic mass is 32.2. The highest BCUT2D eigenvalue weighted by Gasteiger charge is 2.31. The molecule has 0 spiro atoms. The second-order valence-electron chi connectivity index (χ2n) is 8.16. The number of thioether (sulfide) groups is 2. The molecule has 0 saturated carbocycles. The molecule has 1 rings (SSSR count). The van der Waals surface area contributed by atoms with Crippen LogP contribution >= 0.6 is 23.5 Å². The zero-order valence-corrected chi connectivity index (χ0v) is 22.3. The fourth-order valence-electron chi connectivity index (χ4n) is 3.16. The van der Waals surface area contributed by atoms with Crippen molar-refractivity contribution >= 4 is 53.2 Å². The molecule has 4 atom stereocenters. The summed E-state index contributed by atoms with van der Waals surface area (Å²) >= 11 is 2.98. The number of benzene rings is 1. The third-order valence-electron chi connectivity index (χ3n) is 5.22. The number of carboxylic acid groups (broad SMARTS) is 2. The first kappa shape index (κ1) is 32.1. The van der Waals surface area contributed by atoms with Gasteiger partial charge in [0.25, 0.3) is 0 Å². The smallest absolute Gasteiger partial charge is 0.326 e. The predicted octanol–water partition coefficient (Wildman–Crippen LogP) is -0.218. The molecule has 1 aromatic rings. The average molecular weight is 559 g/mol. The van der Waals surface area contributed by atoms with Crippen molar-refractivity contribution in [1.29, 1.82) is 0 Å². The molecule has 0 heterocycles. The van der Waals surface area contributed by atoms with Crippen LogP contribution in [0.3, 0.4) is 0 Å². The van der Waals surface area contributed by atoms with Gasteiger partial charge in [0.15, 0.2) is 0 Å². The van der Waals surface area contributed by atoms with E-state index in [1.165, 1.54) is 47.8 Å². The van der Waals surface area contributed by atoms with Gasteiger partial charge in [-0.25, -0.2) is 4.79 Å². The minimum absolute atomic E-state index is 0.0150. The van der Waals surface area contributed by atoms with E-state index >= 15 is 0 Å². The Morgan fingerprint density at radius 1 is 0.811 bits per heavy atom. The molecule has 37 heavy (non-hydrogen) atoms. The second kappa shape index (κ2) is 16.7. The van der Waals surface area contributed by atoms with Crippen molar-refractivity contribution in [3.8, 4) is 5.75 Å². The molecule has 206 valence electrons. The summed E-state index contributed by atoms with van der Waals surface area (Å²) in [7, 11) is 0. The van der Waals surface area contributed by atoms with Gasteiger partial charge in [-0.2, -0.15) is 23.5 Å². The van der Waals surface area contributed by atoms with Gasteiger partial charge in [0, 0.05) is 6.42 Å². The predicted molar refractivity (Wildman–Crippen MR) is 141 cm³/mol. The van der Waals surface area contributed by atoms with Gasteiger partial charge >= 0.3 is 11.9 Å². The summed E-state index contributed by atoms with van der Waals surface area (Å²) in [6, 6.07) is 0.960. The molecule has 0 saturated heterocycles. The first-order chi connectivity index (χ1) is 17.5. The van der Waals surface area contributed by atoms with Crippen LogP contribution in [0.25, 0.3) is 0 Å². The molecule has 0 fully saturated rings. The number of aliphatic carboxylic acids is 2. The second-order valence-corrected chi connectivity index (χ2v) is 10.1. The van der Waals surface area contributed by atoms with Crippen LogP contribution in [0.1, 0.15) is 24.8 Å². The van der Waals surface area contributed by atoms with Crippen molar-refractivity contribution in [1.82, 2.24) is 16.0 Å². The Morgan fingerprint density at radius 3 is 1.86 bits per heavy atom. The summed E-state index contributed by atoms with van der Waals surface area (Å²) in [6.07, 6.45) is 3.42. The number of phenolic OH excluding ortho intramolecular Hbond substituents is 1. The molecule has 0 bridgehead atoms. The number of carbonyl (C=O) groups excluding carboxylic acids is 3. The number of carboxylic acids is 2. The van der Waals surface area contributed by atoms with E-state index in [0.29, 0.717) is 23.5 Å². The number of amides is 3. The lowest BCUT2D eigenvalue weighted by atomic mass is 10.0. The van der Waals surface area contributed by atoms with Gasteiger partial charge in [0.05, 0.1) is 12.5 Å². The zero-order chi connectivity index (χ0) is 28.0. The SMILES string of the molecule is CSCCC(N)C(=O)NC(CCSC)C(=O)NC(Cc1ccc(O)cc1)C(=O)NC(CC(=O)O)C(=O)O. The van der Waals surface area contributed by atoms with Crippen molar-refractivity contribution in [2.24, 2.45) is 5.73 Å². The van der Waals surface area contributed by atoms with Crippen LogP contribution in [0.15, 0.2) is 24.3 Å². The number of carbonyl (C=O) groups is 5. The van der Waals surface area contributed by atoms with Gasteiger partial charge in [-0.05, 0) is 54.6 Å².